The topological polar surface area (TPSA) is 123 Å². The van der Waals surface area contributed by atoms with Gasteiger partial charge in [0, 0.05) is 19.1 Å². The van der Waals surface area contributed by atoms with Crippen LogP contribution in [0.15, 0.2) is 24.3 Å². The van der Waals surface area contributed by atoms with Crippen molar-refractivity contribution in [2.45, 2.75) is 51.6 Å². The summed E-state index contributed by atoms with van der Waals surface area (Å²) >= 11 is 1.41. The quantitative estimate of drug-likeness (QED) is 0.287. The van der Waals surface area contributed by atoms with Crippen LogP contribution in [0.1, 0.15) is 26.0 Å². The van der Waals surface area contributed by atoms with E-state index in [4.69, 9.17) is 0 Å². The molecule has 5 N–H and O–H groups in total. The number of aliphatic hydroxyl groups is 3. The van der Waals surface area contributed by atoms with E-state index in [9.17, 15) is 28.5 Å². The molecule has 0 amide bonds. The van der Waals surface area contributed by atoms with Gasteiger partial charge in [-0.2, -0.15) is 18.2 Å². The number of hydrogen-bond acceptors (Lipinski definition) is 9. The van der Waals surface area contributed by atoms with Crippen molar-refractivity contribution in [1.29, 1.82) is 0 Å². The van der Waals surface area contributed by atoms with E-state index < -0.39 is 30.3 Å². The first-order valence-electron chi connectivity index (χ1n) is 10.8. The van der Waals surface area contributed by atoms with Gasteiger partial charge in [0.1, 0.15) is 16.9 Å². The minimum absolute atomic E-state index is 0.183. The summed E-state index contributed by atoms with van der Waals surface area (Å²) in [4.78, 5) is 13.2. The first-order valence-corrected chi connectivity index (χ1v) is 11.6. The van der Waals surface area contributed by atoms with E-state index in [0.29, 0.717) is 16.3 Å². The fourth-order valence-corrected chi connectivity index (χ4v) is 4.48. The van der Waals surface area contributed by atoms with Crippen molar-refractivity contribution in [2.75, 3.05) is 23.8 Å². The highest BCUT2D eigenvalue weighted by Gasteiger charge is 2.36. The molecular weight excluding hydrogens is 471 g/mol. The lowest BCUT2D eigenvalue weighted by atomic mass is 9.96. The van der Waals surface area contributed by atoms with Gasteiger partial charge in [-0.15, -0.1) is 11.3 Å². The number of para-hydroxylation sites is 1. The number of nitrogens with zero attached hydrogens (tertiary/aromatic N) is 3. The third-order valence-electron chi connectivity index (χ3n) is 5.45. The predicted molar refractivity (Wildman–Crippen MR) is 126 cm³/mol. The second-order valence-corrected chi connectivity index (χ2v) is 9.17. The molecule has 0 bridgehead atoms. The fourth-order valence-electron chi connectivity index (χ4n) is 3.42. The second kappa shape index (κ2) is 10.8. The third-order valence-corrected chi connectivity index (χ3v) is 6.51. The normalized spacial score (nSPS) is 15.7. The third kappa shape index (κ3) is 6.12. The van der Waals surface area contributed by atoms with Gasteiger partial charge in [-0.3, -0.25) is 0 Å². The van der Waals surface area contributed by atoms with Crippen LogP contribution in [0.4, 0.5) is 24.9 Å². The maximum atomic E-state index is 13.1. The number of nitrogens with one attached hydrogen (secondary N) is 2. The Morgan fingerprint density at radius 3 is 2.41 bits per heavy atom. The van der Waals surface area contributed by atoms with E-state index in [1.807, 2.05) is 24.3 Å². The average Bonchev–Trinajstić information content (AvgIpc) is 3.18. The summed E-state index contributed by atoms with van der Waals surface area (Å²) in [6.07, 6.45) is -6.32. The number of aliphatic hydroxyl groups excluding tert-OH is 3. The first kappa shape index (κ1) is 26.1. The predicted octanol–water partition coefficient (Wildman–Crippen LogP) is 3.58. The number of thiazole rings is 1. The van der Waals surface area contributed by atoms with Crippen molar-refractivity contribution in [1.82, 2.24) is 15.0 Å². The van der Waals surface area contributed by atoms with E-state index in [1.54, 1.807) is 6.92 Å². The minimum Gasteiger partial charge on any atom is -0.396 e. The highest BCUT2D eigenvalue weighted by atomic mass is 32.1. The lowest BCUT2D eigenvalue weighted by Crippen LogP contribution is -2.35. The lowest BCUT2D eigenvalue weighted by molar-refractivity contribution is -0.138. The summed E-state index contributed by atoms with van der Waals surface area (Å²) in [6.45, 7) is 3.98. The molecule has 0 aliphatic heterocycles. The van der Waals surface area contributed by atoms with Crippen LogP contribution in [0.5, 0.6) is 0 Å². The molecule has 0 aliphatic rings. The molecule has 1 aromatic carbocycles. The van der Waals surface area contributed by atoms with Crippen LogP contribution in [0, 0.1) is 12.8 Å². The zero-order valence-electron chi connectivity index (χ0n) is 19.0. The number of alkyl halides is 3. The summed E-state index contributed by atoms with van der Waals surface area (Å²) in [5, 5.41) is 35.3. The maximum Gasteiger partial charge on any atom is 0.408 e. The molecule has 2 aromatic heterocycles. The number of hydrogen-bond donors (Lipinski definition) is 5. The molecule has 0 spiro atoms. The molecule has 2 heterocycles. The summed E-state index contributed by atoms with van der Waals surface area (Å²) in [6, 6.07) is 5.68. The zero-order valence-corrected chi connectivity index (χ0v) is 19.8. The van der Waals surface area contributed by atoms with Crippen LogP contribution in [0.25, 0.3) is 20.8 Å². The van der Waals surface area contributed by atoms with E-state index in [-0.39, 0.29) is 31.3 Å². The van der Waals surface area contributed by atoms with Crippen LogP contribution < -0.4 is 10.6 Å². The van der Waals surface area contributed by atoms with Gasteiger partial charge in [0.15, 0.2) is 0 Å². The maximum absolute atomic E-state index is 13.1. The van der Waals surface area contributed by atoms with Gasteiger partial charge in [0.2, 0.25) is 5.95 Å². The fraction of sp³-hybridized carbons (Fsp3) is 0.500. The van der Waals surface area contributed by atoms with E-state index in [1.165, 1.54) is 18.3 Å². The van der Waals surface area contributed by atoms with E-state index >= 15 is 0 Å². The molecule has 34 heavy (non-hydrogen) atoms. The molecule has 186 valence electrons. The number of aromatic nitrogens is 3. The number of anilines is 2. The molecule has 0 aliphatic carbocycles. The number of fused-ring (bicyclic) bond motifs is 1. The van der Waals surface area contributed by atoms with Crippen molar-refractivity contribution in [3.05, 3.63) is 30.0 Å². The van der Waals surface area contributed by atoms with Gasteiger partial charge in [0.05, 0.1) is 33.7 Å². The van der Waals surface area contributed by atoms with Gasteiger partial charge in [-0.1, -0.05) is 12.1 Å². The van der Waals surface area contributed by atoms with Crippen molar-refractivity contribution in [2.24, 2.45) is 5.92 Å². The molecule has 12 heteroatoms. The SMILES string of the molecule is Cc1nc(N[C@H](C)C(F)(F)F)nc(NCCC(CO)[C@@H](O)[C@H](C)O)c1-c1nc2ccccc2s1. The highest BCUT2D eigenvalue weighted by Crippen LogP contribution is 2.36. The van der Waals surface area contributed by atoms with Crippen LogP contribution in [-0.2, 0) is 0 Å². The van der Waals surface area contributed by atoms with Gasteiger partial charge in [0.25, 0.3) is 0 Å². The summed E-state index contributed by atoms with van der Waals surface area (Å²) < 4.78 is 40.1. The molecule has 3 aromatic rings. The van der Waals surface area contributed by atoms with Gasteiger partial charge < -0.3 is 26.0 Å². The number of benzene rings is 1. The molecule has 1 unspecified atom stereocenters. The van der Waals surface area contributed by atoms with Crippen molar-refractivity contribution < 1.29 is 28.5 Å². The zero-order chi connectivity index (χ0) is 25.0. The Hall–Kier alpha value is -2.54. The lowest BCUT2D eigenvalue weighted by Gasteiger charge is -2.24. The van der Waals surface area contributed by atoms with Gasteiger partial charge >= 0.3 is 6.18 Å². The Morgan fingerprint density at radius 2 is 1.79 bits per heavy atom. The minimum atomic E-state index is -4.47. The van der Waals surface area contributed by atoms with Gasteiger partial charge in [-0.25, -0.2) is 9.97 Å². The molecule has 8 nitrogen and oxygen atoms in total. The number of aryl methyl sites for hydroxylation is 1. The Kier molecular flexibility index (Phi) is 8.29. The van der Waals surface area contributed by atoms with Crippen LogP contribution >= 0.6 is 11.3 Å². The number of rotatable bonds is 10. The molecule has 0 fully saturated rings. The highest BCUT2D eigenvalue weighted by molar-refractivity contribution is 7.21. The first-order chi connectivity index (χ1) is 16.0. The van der Waals surface area contributed by atoms with Crippen molar-refractivity contribution in [3.8, 4) is 10.6 Å². The Morgan fingerprint density at radius 1 is 1.09 bits per heavy atom. The monoisotopic (exact) mass is 499 g/mol. The molecule has 0 saturated carbocycles. The molecule has 0 radical (unpaired) electrons. The number of halogens is 3. The Balaban J connectivity index is 1.94. The van der Waals surface area contributed by atoms with Crippen LogP contribution in [-0.4, -0.2) is 67.8 Å². The Labute approximate surface area is 198 Å². The summed E-state index contributed by atoms with van der Waals surface area (Å²) in [5.41, 5.74) is 1.78. The van der Waals surface area contributed by atoms with E-state index in [2.05, 4.69) is 25.6 Å². The summed E-state index contributed by atoms with van der Waals surface area (Å²) in [5.74, 6) is -0.492. The average molecular weight is 500 g/mol. The standard InChI is InChI=1S/C22H28F3N5O3S/c1-11-17(20-29-15-6-4-5-7-16(15)34-20)19(26-9-8-14(10-31)18(33)12(2)32)30-21(27-11)28-13(3)22(23,24)25/h4-7,12-14,18,31-33H,8-10H2,1-3H3,(H2,26,27,28,30)/t12-,13+,14?,18-/m0/s1. The smallest absolute Gasteiger partial charge is 0.396 e. The van der Waals surface area contributed by atoms with Crippen molar-refractivity contribution in [3.63, 3.8) is 0 Å². The summed E-state index contributed by atoms with van der Waals surface area (Å²) in [7, 11) is 0. The van der Waals surface area contributed by atoms with Crippen molar-refractivity contribution >= 4 is 33.3 Å². The van der Waals surface area contributed by atoms with Crippen LogP contribution in [0.3, 0.4) is 0 Å². The van der Waals surface area contributed by atoms with Crippen LogP contribution in [0.2, 0.25) is 0 Å². The van der Waals surface area contributed by atoms with E-state index in [0.717, 1.165) is 17.1 Å². The molecular formula is C22H28F3N5O3S. The Bertz CT molecular complexity index is 1080. The molecule has 4 atom stereocenters. The largest absolute Gasteiger partial charge is 0.408 e. The molecule has 3 rings (SSSR count). The van der Waals surface area contributed by atoms with Gasteiger partial charge in [-0.05, 0) is 39.3 Å². The second-order valence-electron chi connectivity index (χ2n) is 8.14. The molecule has 0 saturated heterocycles.